The van der Waals surface area contributed by atoms with Gasteiger partial charge in [0.05, 0.1) is 11.1 Å². The van der Waals surface area contributed by atoms with Crippen molar-refractivity contribution in [1.29, 1.82) is 0 Å². The molecule has 3 unspecified atom stereocenters. The van der Waals surface area contributed by atoms with Crippen LogP contribution >= 0.6 is 15.9 Å². The highest BCUT2D eigenvalue weighted by Gasteiger charge is 2.39. The molecule has 3 atom stereocenters. The van der Waals surface area contributed by atoms with Crippen LogP contribution in [0.2, 0.25) is 0 Å². The molecular weight excluding hydrogens is 326 g/mol. The highest BCUT2D eigenvalue weighted by molar-refractivity contribution is 9.10. The fourth-order valence-electron chi connectivity index (χ4n) is 4.03. The number of halogens is 1. The summed E-state index contributed by atoms with van der Waals surface area (Å²) < 4.78 is 7.33. The molecule has 3 rings (SSSR count). The summed E-state index contributed by atoms with van der Waals surface area (Å²) >= 11 is 3.65. The largest absolute Gasteiger partial charge is 0.492 e. The quantitative estimate of drug-likeness (QED) is 0.714. The molecule has 1 N–H and O–H groups in total. The zero-order chi connectivity index (χ0) is 14.7. The first-order valence-electron chi connectivity index (χ1n) is 8.38. The topological polar surface area (TPSA) is 21.3 Å². The minimum Gasteiger partial charge on any atom is -0.492 e. The second kappa shape index (κ2) is 7.15. The van der Waals surface area contributed by atoms with E-state index in [2.05, 4.69) is 46.4 Å². The number of hydrogen-bond acceptors (Lipinski definition) is 2. The zero-order valence-electron chi connectivity index (χ0n) is 12.9. The number of nitrogens with one attached hydrogen (secondary N) is 1. The summed E-state index contributed by atoms with van der Waals surface area (Å²) in [4.78, 5) is 0. The van der Waals surface area contributed by atoms with Gasteiger partial charge in [-0.25, -0.2) is 0 Å². The Kier molecular flexibility index (Phi) is 5.23. The zero-order valence-corrected chi connectivity index (χ0v) is 14.5. The SMILES string of the molecule is CCCNCc1cccc(Br)c1OCC1CC2CCC1C2. The third-order valence-corrected chi connectivity index (χ3v) is 5.74. The van der Waals surface area contributed by atoms with E-state index in [0.717, 1.165) is 54.1 Å². The number of ether oxygens (including phenoxy) is 1. The van der Waals surface area contributed by atoms with Gasteiger partial charge in [-0.3, -0.25) is 0 Å². The monoisotopic (exact) mass is 351 g/mol. The molecule has 0 amide bonds. The first kappa shape index (κ1) is 15.4. The van der Waals surface area contributed by atoms with Crippen molar-refractivity contribution in [3.05, 3.63) is 28.2 Å². The van der Waals surface area contributed by atoms with Crippen molar-refractivity contribution in [3.8, 4) is 5.75 Å². The lowest BCUT2D eigenvalue weighted by atomic mass is 9.89. The lowest BCUT2D eigenvalue weighted by Crippen LogP contribution is -2.20. The van der Waals surface area contributed by atoms with Gasteiger partial charge in [-0.1, -0.05) is 25.5 Å². The predicted molar refractivity (Wildman–Crippen MR) is 90.6 cm³/mol. The average Bonchev–Trinajstić information content (AvgIpc) is 3.09. The minimum absolute atomic E-state index is 0.785. The van der Waals surface area contributed by atoms with E-state index in [9.17, 15) is 0 Å². The van der Waals surface area contributed by atoms with Crippen molar-refractivity contribution in [2.75, 3.05) is 13.2 Å². The lowest BCUT2D eigenvalue weighted by molar-refractivity contribution is 0.193. The van der Waals surface area contributed by atoms with Crippen molar-refractivity contribution in [2.24, 2.45) is 17.8 Å². The Labute approximate surface area is 136 Å². The van der Waals surface area contributed by atoms with Gasteiger partial charge in [0.25, 0.3) is 0 Å². The van der Waals surface area contributed by atoms with Crippen molar-refractivity contribution in [2.45, 2.75) is 45.6 Å². The van der Waals surface area contributed by atoms with E-state index in [0.29, 0.717) is 0 Å². The van der Waals surface area contributed by atoms with Gasteiger partial charge in [-0.2, -0.15) is 0 Å². The van der Waals surface area contributed by atoms with E-state index < -0.39 is 0 Å². The molecule has 0 radical (unpaired) electrons. The van der Waals surface area contributed by atoms with Crippen molar-refractivity contribution < 1.29 is 4.74 Å². The molecule has 3 heteroatoms. The van der Waals surface area contributed by atoms with Crippen LogP contribution in [-0.2, 0) is 6.54 Å². The number of hydrogen-bond donors (Lipinski definition) is 1. The lowest BCUT2D eigenvalue weighted by Gasteiger charge is -2.23. The minimum atomic E-state index is 0.785. The van der Waals surface area contributed by atoms with Gasteiger partial charge in [0.15, 0.2) is 0 Å². The first-order chi connectivity index (χ1) is 10.3. The van der Waals surface area contributed by atoms with Crippen LogP contribution in [-0.4, -0.2) is 13.2 Å². The number of fused-ring (bicyclic) bond motifs is 2. The van der Waals surface area contributed by atoms with Gasteiger partial charge in [-0.15, -0.1) is 0 Å². The third kappa shape index (κ3) is 3.62. The Morgan fingerprint density at radius 1 is 1.29 bits per heavy atom. The second-order valence-corrected chi connectivity index (χ2v) is 7.51. The van der Waals surface area contributed by atoms with Gasteiger partial charge in [0, 0.05) is 12.1 Å². The van der Waals surface area contributed by atoms with Gasteiger partial charge < -0.3 is 10.1 Å². The van der Waals surface area contributed by atoms with E-state index in [1.807, 2.05) is 0 Å². The maximum atomic E-state index is 6.25. The smallest absolute Gasteiger partial charge is 0.137 e. The third-order valence-electron chi connectivity index (χ3n) is 5.12. The molecule has 2 aliphatic rings. The van der Waals surface area contributed by atoms with Crippen LogP contribution in [0.5, 0.6) is 5.75 Å². The Hall–Kier alpha value is -0.540. The molecule has 1 aromatic rings. The molecule has 21 heavy (non-hydrogen) atoms. The van der Waals surface area contributed by atoms with Crippen LogP contribution in [0, 0.1) is 17.8 Å². The first-order valence-corrected chi connectivity index (χ1v) is 9.18. The molecule has 2 bridgehead atoms. The van der Waals surface area contributed by atoms with Crippen LogP contribution in [0.4, 0.5) is 0 Å². The molecule has 0 aromatic heterocycles. The maximum Gasteiger partial charge on any atom is 0.137 e. The number of benzene rings is 1. The predicted octanol–water partition coefficient (Wildman–Crippen LogP) is 4.76. The van der Waals surface area contributed by atoms with Crippen LogP contribution in [0.15, 0.2) is 22.7 Å². The summed E-state index contributed by atoms with van der Waals surface area (Å²) in [7, 11) is 0. The normalized spacial score (nSPS) is 27.2. The van der Waals surface area contributed by atoms with Crippen LogP contribution in [0.1, 0.15) is 44.6 Å². The number of para-hydroxylation sites is 1. The fraction of sp³-hybridized carbons (Fsp3) is 0.667. The van der Waals surface area contributed by atoms with Gasteiger partial charge >= 0.3 is 0 Å². The molecule has 0 saturated heterocycles. The molecule has 0 aliphatic heterocycles. The molecule has 2 nitrogen and oxygen atoms in total. The molecule has 2 saturated carbocycles. The van der Waals surface area contributed by atoms with Gasteiger partial charge in [-0.05, 0) is 72.0 Å². The second-order valence-electron chi connectivity index (χ2n) is 6.65. The van der Waals surface area contributed by atoms with Crippen LogP contribution < -0.4 is 10.1 Å². The van der Waals surface area contributed by atoms with Crippen molar-refractivity contribution in [3.63, 3.8) is 0 Å². The molecule has 0 heterocycles. The van der Waals surface area contributed by atoms with Gasteiger partial charge in [0.2, 0.25) is 0 Å². The maximum absolute atomic E-state index is 6.25. The Balaban J connectivity index is 1.61. The van der Waals surface area contributed by atoms with E-state index in [-0.39, 0.29) is 0 Å². The highest BCUT2D eigenvalue weighted by Crippen LogP contribution is 2.48. The Morgan fingerprint density at radius 2 is 2.19 bits per heavy atom. The summed E-state index contributed by atoms with van der Waals surface area (Å²) in [6.07, 6.45) is 6.89. The van der Waals surface area contributed by atoms with E-state index in [1.54, 1.807) is 0 Å². The summed E-state index contributed by atoms with van der Waals surface area (Å²) in [5, 5.41) is 3.47. The molecule has 116 valence electrons. The Morgan fingerprint density at radius 3 is 2.90 bits per heavy atom. The molecule has 1 aromatic carbocycles. The molecule has 2 fully saturated rings. The van der Waals surface area contributed by atoms with Crippen molar-refractivity contribution >= 4 is 15.9 Å². The van der Waals surface area contributed by atoms with Crippen LogP contribution in [0.3, 0.4) is 0 Å². The van der Waals surface area contributed by atoms with E-state index in [4.69, 9.17) is 4.74 Å². The van der Waals surface area contributed by atoms with Crippen molar-refractivity contribution in [1.82, 2.24) is 5.32 Å². The van der Waals surface area contributed by atoms with Gasteiger partial charge in [0.1, 0.15) is 5.75 Å². The number of rotatable bonds is 7. The van der Waals surface area contributed by atoms with Crippen LogP contribution in [0.25, 0.3) is 0 Å². The summed E-state index contributed by atoms with van der Waals surface area (Å²) in [6, 6.07) is 6.35. The molecular formula is C18H26BrNO. The molecule has 0 spiro atoms. The van der Waals surface area contributed by atoms with E-state index in [1.165, 1.54) is 31.2 Å². The Bertz CT molecular complexity index is 476. The standard InChI is InChI=1S/C18H26BrNO/c1-2-8-20-11-15-4-3-5-17(19)18(15)21-12-16-10-13-6-7-14(16)9-13/h3-5,13-14,16,20H,2,6-12H2,1H3. The average molecular weight is 352 g/mol. The van der Waals surface area contributed by atoms with E-state index >= 15 is 0 Å². The summed E-state index contributed by atoms with van der Waals surface area (Å²) in [5.74, 6) is 3.75. The molecule has 2 aliphatic carbocycles. The highest BCUT2D eigenvalue weighted by atomic mass is 79.9. The summed E-state index contributed by atoms with van der Waals surface area (Å²) in [5.41, 5.74) is 1.26. The summed E-state index contributed by atoms with van der Waals surface area (Å²) in [6.45, 7) is 5.03. The fourth-order valence-corrected chi connectivity index (χ4v) is 4.55.